The maximum Gasteiger partial charge on any atom is 0.0465 e. The van der Waals surface area contributed by atoms with Crippen LogP contribution < -0.4 is 0 Å². The summed E-state index contributed by atoms with van der Waals surface area (Å²) >= 11 is 0. The minimum atomic E-state index is 0.833. The van der Waals surface area contributed by atoms with Gasteiger partial charge in [-0.1, -0.05) is 54.1 Å². The zero-order chi connectivity index (χ0) is 12.8. The molecule has 1 heteroatoms. The van der Waals surface area contributed by atoms with E-state index in [1.165, 1.54) is 22.3 Å². The van der Waals surface area contributed by atoms with Crippen LogP contribution in [-0.4, -0.2) is 13.7 Å². The third-order valence-corrected chi connectivity index (χ3v) is 3.15. The number of ether oxygens (including phenoxy) is 1. The summed E-state index contributed by atoms with van der Waals surface area (Å²) in [6, 6.07) is 17.5. The van der Waals surface area contributed by atoms with Crippen molar-refractivity contribution in [1.29, 1.82) is 0 Å². The minimum Gasteiger partial charge on any atom is -0.385 e. The van der Waals surface area contributed by atoms with E-state index in [-0.39, 0.29) is 0 Å². The molecule has 0 aliphatic carbocycles. The number of aryl methyl sites for hydroxylation is 2. The van der Waals surface area contributed by atoms with Crippen molar-refractivity contribution in [3.8, 4) is 11.1 Å². The zero-order valence-corrected chi connectivity index (χ0v) is 11.1. The monoisotopic (exact) mass is 240 g/mol. The van der Waals surface area contributed by atoms with Crippen LogP contribution in [0.4, 0.5) is 0 Å². The summed E-state index contributed by atoms with van der Waals surface area (Å²) in [5.74, 6) is 0. The molecule has 0 heterocycles. The quantitative estimate of drug-likeness (QED) is 0.710. The van der Waals surface area contributed by atoms with Crippen LogP contribution in [-0.2, 0) is 11.2 Å². The highest BCUT2D eigenvalue weighted by atomic mass is 16.5. The highest BCUT2D eigenvalue weighted by molar-refractivity contribution is 5.63. The van der Waals surface area contributed by atoms with Crippen LogP contribution in [0, 0.1) is 6.92 Å². The molecule has 0 aliphatic heterocycles. The van der Waals surface area contributed by atoms with Crippen molar-refractivity contribution in [2.45, 2.75) is 19.8 Å². The molecule has 0 saturated carbocycles. The Labute approximate surface area is 109 Å². The van der Waals surface area contributed by atoms with Crippen LogP contribution in [0.2, 0.25) is 0 Å². The van der Waals surface area contributed by atoms with Crippen LogP contribution in [0.15, 0.2) is 48.5 Å². The van der Waals surface area contributed by atoms with Crippen LogP contribution in [0.1, 0.15) is 17.5 Å². The van der Waals surface area contributed by atoms with Crippen molar-refractivity contribution >= 4 is 0 Å². The lowest BCUT2D eigenvalue weighted by Crippen LogP contribution is -1.92. The average Bonchev–Trinajstić information content (AvgIpc) is 2.41. The first kappa shape index (κ1) is 12.8. The van der Waals surface area contributed by atoms with Crippen molar-refractivity contribution in [2.75, 3.05) is 13.7 Å². The predicted molar refractivity (Wildman–Crippen MR) is 76.8 cm³/mol. The molecule has 18 heavy (non-hydrogen) atoms. The smallest absolute Gasteiger partial charge is 0.0465 e. The molecule has 0 N–H and O–H groups in total. The summed E-state index contributed by atoms with van der Waals surface area (Å²) in [7, 11) is 1.75. The van der Waals surface area contributed by atoms with E-state index in [0.717, 1.165) is 19.4 Å². The predicted octanol–water partition coefficient (Wildman–Crippen LogP) is 4.24. The molecular weight excluding hydrogens is 220 g/mol. The van der Waals surface area contributed by atoms with Gasteiger partial charge in [0, 0.05) is 13.7 Å². The fraction of sp³-hybridized carbons (Fsp3) is 0.294. The molecule has 2 rings (SSSR count). The number of rotatable bonds is 5. The standard InChI is InChI=1S/C17H20O/c1-14-5-9-16(10-6-14)17-11-7-15(8-12-17)4-3-13-18-2/h5-12H,3-4,13H2,1-2H3. The first-order valence-electron chi connectivity index (χ1n) is 6.44. The second-order valence-electron chi connectivity index (χ2n) is 4.66. The number of benzene rings is 2. The topological polar surface area (TPSA) is 9.23 Å². The summed E-state index contributed by atoms with van der Waals surface area (Å²) < 4.78 is 5.07. The molecule has 2 aromatic carbocycles. The Balaban J connectivity index is 2.05. The van der Waals surface area contributed by atoms with Gasteiger partial charge in [0.1, 0.15) is 0 Å². The lowest BCUT2D eigenvalue weighted by molar-refractivity contribution is 0.195. The van der Waals surface area contributed by atoms with Gasteiger partial charge in [0.25, 0.3) is 0 Å². The van der Waals surface area contributed by atoms with Gasteiger partial charge < -0.3 is 4.74 Å². The molecule has 0 radical (unpaired) electrons. The van der Waals surface area contributed by atoms with E-state index < -0.39 is 0 Å². The molecule has 94 valence electrons. The van der Waals surface area contributed by atoms with Gasteiger partial charge in [0.2, 0.25) is 0 Å². The average molecular weight is 240 g/mol. The fourth-order valence-electron chi connectivity index (χ4n) is 2.03. The van der Waals surface area contributed by atoms with E-state index in [1.54, 1.807) is 7.11 Å². The molecule has 0 aromatic heterocycles. The summed E-state index contributed by atoms with van der Waals surface area (Å²) in [4.78, 5) is 0. The van der Waals surface area contributed by atoms with Gasteiger partial charge >= 0.3 is 0 Å². The van der Waals surface area contributed by atoms with Crippen molar-refractivity contribution in [2.24, 2.45) is 0 Å². The normalized spacial score (nSPS) is 10.6. The first-order chi connectivity index (χ1) is 8.79. The molecule has 0 atom stereocenters. The van der Waals surface area contributed by atoms with Crippen molar-refractivity contribution in [3.05, 3.63) is 59.7 Å². The third kappa shape index (κ3) is 3.44. The van der Waals surface area contributed by atoms with Gasteiger partial charge in [-0.3, -0.25) is 0 Å². The van der Waals surface area contributed by atoms with E-state index in [2.05, 4.69) is 55.5 Å². The van der Waals surface area contributed by atoms with Crippen LogP contribution in [0.25, 0.3) is 11.1 Å². The molecular formula is C17H20O. The SMILES string of the molecule is COCCCc1ccc(-c2ccc(C)cc2)cc1. The highest BCUT2D eigenvalue weighted by Crippen LogP contribution is 2.20. The Morgan fingerprint density at radius 3 is 1.94 bits per heavy atom. The second kappa shape index (κ2) is 6.36. The lowest BCUT2D eigenvalue weighted by atomic mass is 10.0. The maximum absolute atomic E-state index is 5.07. The van der Waals surface area contributed by atoms with Crippen LogP contribution in [0.3, 0.4) is 0 Å². The Hall–Kier alpha value is -1.60. The minimum absolute atomic E-state index is 0.833. The van der Waals surface area contributed by atoms with Crippen molar-refractivity contribution in [3.63, 3.8) is 0 Å². The summed E-state index contributed by atoms with van der Waals surface area (Å²) in [6.45, 7) is 2.95. The molecule has 0 amide bonds. The van der Waals surface area contributed by atoms with Crippen LogP contribution >= 0.6 is 0 Å². The summed E-state index contributed by atoms with van der Waals surface area (Å²) in [5, 5.41) is 0. The van der Waals surface area contributed by atoms with Gasteiger partial charge in [0.15, 0.2) is 0 Å². The molecule has 0 spiro atoms. The van der Waals surface area contributed by atoms with Gasteiger partial charge in [0.05, 0.1) is 0 Å². The first-order valence-corrected chi connectivity index (χ1v) is 6.44. The zero-order valence-electron chi connectivity index (χ0n) is 11.1. The van der Waals surface area contributed by atoms with Crippen LogP contribution in [0.5, 0.6) is 0 Å². The van der Waals surface area contributed by atoms with E-state index in [0.29, 0.717) is 0 Å². The van der Waals surface area contributed by atoms with Gasteiger partial charge in [-0.05, 0) is 36.5 Å². The van der Waals surface area contributed by atoms with E-state index in [4.69, 9.17) is 4.74 Å². The third-order valence-electron chi connectivity index (χ3n) is 3.15. The molecule has 2 aromatic rings. The van der Waals surface area contributed by atoms with E-state index >= 15 is 0 Å². The summed E-state index contributed by atoms with van der Waals surface area (Å²) in [5.41, 5.74) is 5.24. The van der Waals surface area contributed by atoms with Crippen molar-refractivity contribution < 1.29 is 4.74 Å². The molecule has 1 nitrogen and oxygen atoms in total. The molecule has 0 saturated heterocycles. The lowest BCUT2D eigenvalue weighted by Gasteiger charge is -2.05. The fourth-order valence-corrected chi connectivity index (χ4v) is 2.03. The van der Waals surface area contributed by atoms with E-state index in [1.807, 2.05) is 0 Å². The Kier molecular flexibility index (Phi) is 4.54. The summed E-state index contributed by atoms with van der Waals surface area (Å²) in [6.07, 6.45) is 2.17. The number of hydrogen-bond acceptors (Lipinski definition) is 1. The second-order valence-corrected chi connectivity index (χ2v) is 4.66. The van der Waals surface area contributed by atoms with Gasteiger partial charge in [-0.15, -0.1) is 0 Å². The van der Waals surface area contributed by atoms with Gasteiger partial charge in [-0.25, -0.2) is 0 Å². The highest BCUT2D eigenvalue weighted by Gasteiger charge is 1.98. The molecule has 0 aliphatic rings. The Bertz CT molecular complexity index is 468. The molecule has 0 bridgehead atoms. The number of hydrogen-bond donors (Lipinski definition) is 0. The molecule has 0 fully saturated rings. The Morgan fingerprint density at radius 1 is 0.833 bits per heavy atom. The van der Waals surface area contributed by atoms with E-state index in [9.17, 15) is 0 Å². The van der Waals surface area contributed by atoms with Crippen molar-refractivity contribution in [1.82, 2.24) is 0 Å². The number of methoxy groups -OCH3 is 1. The largest absolute Gasteiger partial charge is 0.385 e. The molecule has 0 unspecified atom stereocenters. The van der Waals surface area contributed by atoms with Gasteiger partial charge in [-0.2, -0.15) is 0 Å². The Morgan fingerprint density at radius 2 is 1.39 bits per heavy atom. The maximum atomic E-state index is 5.07.